The molecule has 0 aliphatic heterocycles. The number of hydrogen-bond acceptors (Lipinski definition) is 7. The van der Waals surface area contributed by atoms with Gasteiger partial charge >= 0.3 is 13.8 Å². The van der Waals surface area contributed by atoms with Crippen LogP contribution in [0.15, 0.2) is 36.6 Å². The zero-order valence-electron chi connectivity index (χ0n) is 32.4. The van der Waals surface area contributed by atoms with Crippen molar-refractivity contribution in [2.24, 2.45) is 5.73 Å². The van der Waals surface area contributed by atoms with E-state index in [0.717, 1.165) is 44.9 Å². The van der Waals surface area contributed by atoms with Crippen LogP contribution in [-0.4, -0.2) is 43.3 Å². The minimum absolute atomic E-state index is 0.0698. The molecule has 0 saturated heterocycles. The normalized spacial score (nSPS) is 13.8. The molecule has 0 aliphatic rings. The standard InChI is InChI=1S/C41H78NO7P/c1-3-5-7-9-11-13-15-17-19-21-23-25-27-29-31-33-36-46-40(39-49-50(44,45)48-37-35-42)38-47-41(43)34-32-30-28-26-24-22-20-18-16-14-12-10-8-6-4-2/h14,16-17,19,33,36,40H,3-13,15,18,20-32,34-35,37-39,42H2,1-2H3,(H,44,45). The summed E-state index contributed by atoms with van der Waals surface area (Å²) in [5.41, 5.74) is 5.36. The molecule has 0 bridgehead atoms. The van der Waals surface area contributed by atoms with Crippen molar-refractivity contribution in [2.75, 3.05) is 26.4 Å². The second kappa shape index (κ2) is 38.8. The van der Waals surface area contributed by atoms with Gasteiger partial charge in [-0.15, -0.1) is 0 Å². The van der Waals surface area contributed by atoms with E-state index in [1.54, 1.807) is 6.26 Å². The predicted molar refractivity (Wildman–Crippen MR) is 210 cm³/mol. The predicted octanol–water partition coefficient (Wildman–Crippen LogP) is 12.2. The number of carbonyl (C=O) groups is 1. The fraction of sp³-hybridized carbons (Fsp3) is 0.829. The number of carbonyl (C=O) groups excluding carboxylic acids is 1. The van der Waals surface area contributed by atoms with Crippen LogP contribution in [0.4, 0.5) is 0 Å². The maximum Gasteiger partial charge on any atom is 0.472 e. The van der Waals surface area contributed by atoms with Crippen molar-refractivity contribution >= 4 is 13.8 Å². The van der Waals surface area contributed by atoms with Crippen molar-refractivity contribution in [3.05, 3.63) is 36.6 Å². The second-order valence-electron chi connectivity index (χ2n) is 13.6. The van der Waals surface area contributed by atoms with Crippen LogP contribution in [0.3, 0.4) is 0 Å². The quantitative estimate of drug-likeness (QED) is 0.0211. The van der Waals surface area contributed by atoms with Crippen LogP contribution in [-0.2, 0) is 27.9 Å². The Morgan fingerprint density at radius 2 is 1.02 bits per heavy atom. The van der Waals surface area contributed by atoms with Gasteiger partial charge in [0.1, 0.15) is 6.61 Å². The van der Waals surface area contributed by atoms with Crippen molar-refractivity contribution in [3.8, 4) is 0 Å². The lowest BCUT2D eigenvalue weighted by Crippen LogP contribution is -2.25. The number of nitrogens with two attached hydrogens (primary N) is 1. The van der Waals surface area contributed by atoms with E-state index in [9.17, 15) is 14.3 Å². The minimum atomic E-state index is -4.27. The highest BCUT2D eigenvalue weighted by atomic mass is 31.2. The molecule has 0 aromatic heterocycles. The average molecular weight is 728 g/mol. The third-order valence-electron chi connectivity index (χ3n) is 8.62. The van der Waals surface area contributed by atoms with E-state index < -0.39 is 13.9 Å². The lowest BCUT2D eigenvalue weighted by Gasteiger charge is -2.19. The van der Waals surface area contributed by atoms with Gasteiger partial charge in [-0.05, 0) is 76.7 Å². The van der Waals surface area contributed by atoms with Gasteiger partial charge in [-0.3, -0.25) is 13.8 Å². The topological polar surface area (TPSA) is 117 Å². The van der Waals surface area contributed by atoms with Crippen LogP contribution in [0.5, 0.6) is 0 Å². The first kappa shape index (κ1) is 48.6. The van der Waals surface area contributed by atoms with Crippen molar-refractivity contribution in [1.29, 1.82) is 0 Å². The van der Waals surface area contributed by atoms with Crippen LogP contribution in [0.1, 0.15) is 187 Å². The van der Waals surface area contributed by atoms with Gasteiger partial charge in [-0.2, -0.15) is 0 Å². The molecule has 0 spiro atoms. The summed E-state index contributed by atoms with van der Waals surface area (Å²) in [6.45, 7) is 4.18. The summed E-state index contributed by atoms with van der Waals surface area (Å²) in [6.07, 6.45) is 44.0. The number of phosphoric acid groups is 1. The lowest BCUT2D eigenvalue weighted by atomic mass is 10.1. The molecule has 9 heteroatoms. The first-order valence-electron chi connectivity index (χ1n) is 20.5. The van der Waals surface area contributed by atoms with Gasteiger partial charge in [0.25, 0.3) is 0 Å². The molecular formula is C41H78NO7P. The summed E-state index contributed by atoms with van der Waals surface area (Å²) >= 11 is 0. The Morgan fingerprint density at radius 3 is 1.50 bits per heavy atom. The summed E-state index contributed by atoms with van der Waals surface area (Å²) in [7, 11) is -4.27. The van der Waals surface area contributed by atoms with E-state index in [-0.39, 0.29) is 32.3 Å². The van der Waals surface area contributed by atoms with E-state index in [4.69, 9.17) is 24.3 Å². The van der Waals surface area contributed by atoms with E-state index >= 15 is 0 Å². The number of phosphoric ester groups is 1. The van der Waals surface area contributed by atoms with Crippen molar-refractivity contribution in [2.45, 2.75) is 193 Å². The van der Waals surface area contributed by atoms with Gasteiger partial charge in [-0.1, -0.05) is 134 Å². The van der Waals surface area contributed by atoms with E-state index in [1.165, 1.54) is 122 Å². The summed E-state index contributed by atoms with van der Waals surface area (Å²) in [5, 5.41) is 0. The molecule has 50 heavy (non-hydrogen) atoms. The van der Waals surface area contributed by atoms with Crippen molar-refractivity contribution < 1.29 is 32.8 Å². The molecule has 0 aliphatic carbocycles. The van der Waals surface area contributed by atoms with Gasteiger partial charge < -0.3 is 20.1 Å². The summed E-state index contributed by atoms with van der Waals surface area (Å²) in [6, 6.07) is 0. The van der Waals surface area contributed by atoms with Crippen LogP contribution >= 0.6 is 7.82 Å². The van der Waals surface area contributed by atoms with Gasteiger partial charge in [-0.25, -0.2) is 4.57 Å². The first-order chi connectivity index (χ1) is 24.4. The molecule has 0 amide bonds. The fourth-order valence-electron chi connectivity index (χ4n) is 5.50. The largest absolute Gasteiger partial charge is 0.492 e. The minimum Gasteiger partial charge on any atom is -0.492 e. The van der Waals surface area contributed by atoms with Crippen molar-refractivity contribution in [1.82, 2.24) is 0 Å². The molecule has 8 nitrogen and oxygen atoms in total. The number of allylic oxidation sites excluding steroid dienone is 5. The first-order valence-corrected chi connectivity index (χ1v) is 22.0. The van der Waals surface area contributed by atoms with Crippen LogP contribution in [0, 0.1) is 0 Å². The van der Waals surface area contributed by atoms with E-state index in [1.807, 2.05) is 6.08 Å². The van der Waals surface area contributed by atoms with E-state index in [2.05, 4.69) is 38.2 Å². The summed E-state index contributed by atoms with van der Waals surface area (Å²) in [5.74, 6) is -0.298. The molecule has 0 rings (SSSR count). The second-order valence-corrected chi connectivity index (χ2v) is 15.0. The maximum absolute atomic E-state index is 12.4. The fourth-order valence-corrected chi connectivity index (χ4v) is 6.26. The molecule has 3 N–H and O–H groups in total. The number of hydrogen-bond donors (Lipinski definition) is 2. The van der Waals surface area contributed by atoms with Gasteiger partial charge in [0.2, 0.25) is 0 Å². The third-order valence-corrected chi connectivity index (χ3v) is 9.60. The molecule has 2 unspecified atom stereocenters. The Bertz CT molecular complexity index is 864. The van der Waals surface area contributed by atoms with Gasteiger partial charge in [0.15, 0.2) is 6.10 Å². The SMILES string of the molecule is CCCCCCC=CCCCCCCCCCC(=O)OCC(COP(=O)(O)OCCN)OC=CCCCCCCC=CCCCCCCCC. The van der Waals surface area contributed by atoms with Gasteiger partial charge in [0.05, 0.1) is 19.5 Å². The smallest absolute Gasteiger partial charge is 0.472 e. The van der Waals surface area contributed by atoms with Crippen LogP contribution < -0.4 is 5.73 Å². The zero-order chi connectivity index (χ0) is 36.6. The number of ether oxygens (including phenoxy) is 2. The maximum atomic E-state index is 12.4. The molecule has 0 heterocycles. The molecule has 294 valence electrons. The molecule has 0 saturated carbocycles. The number of unbranched alkanes of at least 4 members (excludes halogenated alkanes) is 22. The Kier molecular flexibility index (Phi) is 37.7. The Labute approximate surface area is 308 Å². The monoisotopic (exact) mass is 728 g/mol. The Morgan fingerprint density at radius 1 is 0.600 bits per heavy atom. The molecule has 0 aromatic rings. The highest BCUT2D eigenvalue weighted by Crippen LogP contribution is 2.43. The molecule has 2 atom stereocenters. The van der Waals surface area contributed by atoms with Crippen LogP contribution in [0.25, 0.3) is 0 Å². The molecule has 0 fully saturated rings. The highest BCUT2D eigenvalue weighted by Gasteiger charge is 2.24. The number of esters is 1. The average Bonchev–Trinajstić information content (AvgIpc) is 3.11. The summed E-state index contributed by atoms with van der Waals surface area (Å²) < 4.78 is 33.1. The Hall–Kier alpha value is -1.44. The zero-order valence-corrected chi connectivity index (χ0v) is 33.3. The van der Waals surface area contributed by atoms with E-state index in [0.29, 0.717) is 6.42 Å². The molecule has 0 aromatic carbocycles. The lowest BCUT2D eigenvalue weighted by molar-refractivity contribution is -0.147. The molecular weight excluding hydrogens is 649 g/mol. The number of rotatable bonds is 39. The van der Waals surface area contributed by atoms with Gasteiger partial charge in [0, 0.05) is 13.0 Å². The van der Waals surface area contributed by atoms with Crippen LogP contribution in [0.2, 0.25) is 0 Å². The third kappa shape index (κ3) is 37.8. The highest BCUT2D eigenvalue weighted by molar-refractivity contribution is 7.47. The molecule has 0 radical (unpaired) electrons. The Balaban J connectivity index is 4.13. The summed E-state index contributed by atoms with van der Waals surface area (Å²) in [4.78, 5) is 22.2. The van der Waals surface area contributed by atoms with Crippen molar-refractivity contribution in [3.63, 3.8) is 0 Å².